The Labute approximate surface area is 87.2 Å². The normalized spacial score (nSPS) is 10.0. The first-order valence-electron chi connectivity index (χ1n) is 4.56. The van der Waals surface area contributed by atoms with Crippen LogP contribution < -0.4 is 11.1 Å². The van der Waals surface area contributed by atoms with Crippen molar-refractivity contribution in [2.75, 3.05) is 24.3 Å². The van der Waals surface area contributed by atoms with Gasteiger partial charge in [-0.15, -0.1) is 0 Å². The highest BCUT2D eigenvalue weighted by Gasteiger charge is 2.09. The predicted octanol–water partition coefficient (Wildman–Crippen LogP) is 1.38. The summed E-state index contributed by atoms with van der Waals surface area (Å²) in [5.74, 6) is -0.978. The molecule has 0 saturated heterocycles. The first-order valence-corrected chi connectivity index (χ1v) is 4.56. The molecular weight excluding hydrogens is 199 g/mol. The second kappa shape index (κ2) is 5.31. The number of carbonyl (C=O) groups is 1. The Balaban J connectivity index is 2.68. The topological polar surface area (TPSA) is 64.3 Å². The Bertz CT molecular complexity index is 335. The summed E-state index contributed by atoms with van der Waals surface area (Å²) in [4.78, 5) is 11.2. The summed E-state index contributed by atoms with van der Waals surface area (Å²) in [6, 6.07) is 4.22. The average molecular weight is 212 g/mol. The van der Waals surface area contributed by atoms with Gasteiger partial charge in [0.05, 0.1) is 5.69 Å². The van der Waals surface area contributed by atoms with Gasteiger partial charge in [-0.2, -0.15) is 0 Å². The molecule has 0 atom stereocenters. The summed E-state index contributed by atoms with van der Waals surface area (Å²) < 4.78 is 18.1. The maximum Gasteiger partial charge on any atom is 0.250 e. The summed E-state index contributed by atoms with van der Waals surface area (Å²) in [5, 5.41) is 2.35. The van der Waals surface area contributed by atoms with Crippen LogP contribution in [0.5, 0.6) is 0 Å². The fraction of sp³-hybridized carbons (Fsp3) is 0.300. The van der Waals surface area contributed by atoms with Gasteiger partial charge in [0.25, 0.3) is 5.91 Å². The Morgan fingerprint density at radius 1 is 1.60 bits per heavy atom. The van der Waals surface area contributed by atoms with Crippen LogP contribution in [-0.2, 0) is 9.53 Å². The highest BCUT2D eigenvalue weighted by Crippen LogP contribution is 2.21. The van der Waals surface area contributed by atoms with Crippen molar-refractivity contribution >= 4 is 17.3 Å². The van der Waals surface area contributed by atoms with Crippen molar-refractivity contribution in [2.24, 2.45) is 0 Å². The third-order valence-electron chi connectivity index (χ3n) is 1.75. The molecule has 1 rings (SSSR count). The molecule has 82 valence electrons. The molecule has 1 aromatic rings. The van der Waals surface area contributed by atoms with E-state index in [1.165, 1.54) is 18.2 Å². The molecule has 0 bridgehead atoms. The number of nitrogens with two attached hydrogens (primary N) is 1. The SMILES string of the molecule is CCOCC(=O)Nc1c(N)cccc1F. The average Bonchev–Trinajstić information content (AvgIpc) is 2.21. The molecule has 0 aliphatic carbocycles. The number of benzene rings is 1. The van der Waals surface area contributed by atoms with Crippen LogP contribution in [0.15, 0.2) is 18.2 Å². The lowest BCUT2D eigenvalue weighted by Gasteiger charge is -2.08. The van der Waals surface area contributed by atoms with Crippen molar-refractivity contribution in [2.45, 2.75) is 6.92 Å². The van der Waals surface area contributed by atoms with Gasteiger partial charge in [0.2, 0.25) is 0 Å². The highest BCUT2D eigenvalue weighted by atomic mass is 19.1. The Morgan fingerprint density at radius 3 is 2.93 bits per heavy atom. The lowest BCUT2D eigenvalue weighted by Crippen LogP contribution is -2.19. The first-order chi connectivity index (χ1) is 7.15. The molecule has 0 heterocycles. The molecule has 5 heteroatoms. The molecule has 0 aliphatic heterocycles. The van der Waals surface area contributed by atoms with Gasteiger partial charge in [0.15, 0.2) is 0 Å². The minimum atomic E-state index is -0.556. The van der Waals surface area contributed by atoms with E-state index < -0.39 is 11.7 Å². The predicted molar refractivity (Wildman–Crippen MR) is 55.9 cm³/mol. The number of hydrogen-bond acceptors (Lipinski definition) is 3. The number of rotatable bonds is 4. The minimum absolute atomic E-state index is 0.00204. The number of ether oxygens (including phenoxy) is 1. The van der Waals surface area contributed by atoms with Gasteiger partial charge in [0.1, 0.15) is 18.1 Å². The lowest BCUT2D eigenvalue weighted by molar-refractivity contribution is -0.120. The van der Waals surface area contributed by atoms with Crippen molar-refractivity contribution in [3.63, 3.8) is 0 Å². The van der Waals surface area contributed by atoms with Gasteiger partial charge >= 0.3 is 0 Å². The number of anilines is 2. The maximum absolute atomic E-state index is 13.2. The Kier molecular flexibility index (Phi) is 4.05. The highest BCUT2D eigenvalue weighted by molar-refractivity contribution is 5.94. The fourth-order valence-corrected chi connectivity index (χ4v) is 1.04. The van der Waals surface area contributed by atoms with E-state index >= 15 is 0 Å². The van der Waals surface area contributed by atoms with Crippen molar-refractivity contribution in [1.82, 2.24) is 0 Å². The van der Waals surface area contributed by atoms with E-state index in [2.05, 4.69) is 5.32 Å². The van der Waals surface area contributed by atoms with E-state index in [9.17, 15) is 9.18 Å². The second-order valence-electron chi connectivity index (χ2n) is 2.89. The summed E-state index contributed by atoms with van der Waals surface area (Å²) in [5.41, 5.74) is 5.70. The zero-order valence-corrected chi connectivity index (χ0v) is 8.42. The van der Waals surface area contributed by atoms with Gasteiger partial charge in [-0.05, 0) is 19.1 Å². The van der Waals surface area contributed by atoms with E-state index in [-0.39, 0.29) is 18.0 Å². The molecule has 0 aliphatic rings. The molecule has 3 N–H and O–H groups in total. The van der Waals surface area contributed by atoms with E-state index in [0.29, 0.717) is 6.61 Å². The standard InChI is InChI=1S/C10H13FN2O2/c1-2-15-6-9(14)13-10-7(11)4-3-5-8(10)12/h3-5H,2,6,12H2,1H3,(H,13,14). The van der Waals surface area contributed by atoms with Crippen LogP contribution in [0.4, 0.5) is 15.8 Å². The molecule has 0 saturated carbocycles. The summed E-state index contributed by atoms with van der Waals surface area (Å²) in [6.45, 7) is 2.09. The number of halogens is 1. The van der Waals surface area contributed by atoms with Gasteiger partial charge in [-0.25, -0.2) is 4.39 Å². The molecule has 0 radical (unpaired) electrons. The number of carbonyl (C=O) groups excluding carboxylic acids is 1. The summed E-state index contributed by atoms with van der Waals surface area (Å²) in [7, 11) is 0. The molecule has 4 nitrogen and oxygen atoms in total. The van der Waals surface area contributed by atoms with Gasteiger partial charge in [0, 0.05) is 6.61 Å². The van der Waals surface area contributed by atoms with Crippen LogP contribution in [0, 0.1) is 5.82 Å². The molecular formula is C10H13FN2O2. The molecule has 0 aromatic heterocycles. The quantitative estimate of drug-likeness (QED) is 0.741. The van der Waals surface area contributed by atoms with Crippen LogP contribution in [0.1, 0.15) is 6.92 Å². The van der Waals surface area contributed by atoms with Crippen molar-refractivity contribution in [1.29, 1.82) is 0 Å². The van der Waals surface area contributed by atoms with E-state index in [1.54, 1.807) is 6.92 Å². The molecule has 1 amide bonds. The van der Waals surface area contributed by atoms with Crippen LogP contribution in [0.3, 0.4) is 0 Å². The first kappa shape index (κ1) is 11.5. The minimum Gasteiger partial charge on any atom is -0.397 e. The van der Waals surface area contributed by atoms with Crippen LogP contribution >= 0.6 is 0 Å². The van der Waals surface area contributed by atoms with Crippen molar-refractivity contribution in [3.05, 3.63) is 24.0 Å². The van der Waals surface area contributed by atoms with Crippen LogP contribution in [0.25, 0.3) is 0 Å². The van der Waals surface area contributed by atoms with Gasteiger partial charge in [-0.1, -0.05) is 6.07 Å². The maximum atomic E-state index is 13.2. The van der Waals surface area contributed by atoms with Crippen molar-refractivity contribution < 1.29 is 13.9 Å². The van der Waals surface area contributed by atoms with Crippen LogP contribution in [-0.4, -0.2) is 19.1 Å². The molecule has 0 unspecified atom stereocenters. The molecule has 0 fully saturated rings. The van der Waals surface area contributed by atoms with E-state index in [0.717, 1.165) is 0 Å². The monoisotopic (exact) mass is 212 g/mol. The number of nitrogen functional groups attached to an aromatic ring is 1. The molecule has 1 aromatic carbocycles. The third kappa shape index (κ3) is 3.21. The number of hydrogen-bond donors (Lipinski definition) is 2. The summed E-state index contributed by atoms with van der Waals surface area (Å²) in [6.07, 6.45) is 0. The van der Waals surface area contributed by atoms with Gasteiger partial charge in [-0.3, -0.25) is 4.79 Å². The van der Waals surface area contributed by atoms with E-state index in [4.69, 9.17) is 10.5 Å². The zero-order valence-electron chi connectivity index (χ0n) is 8.42. The third-order valence-corrected chi connectivity index (χ3v) is 1.75. The van der Waals surface area contributed by atoms with E-state index in [1.807, 2.05) is 0 Å². The van der Waals surface area contributed by atoms with Gasteiger partial charge < -0.3 is 15.8 Å². The second-order valence-corrected chi connectivity index (χ2v) is 2.89. The zero-order chi connectivity index (χ0) is 11.3. The number of nitrogens with one attached hydrogen (secondary N) is 1. The largest absolute Gasteiger partial charge is 0.397 e. The summed E-state index contributed by atoms with van der Waals surface area (Å²) >= 11 is 0. The lowest BCUT2D eigenvalue weighted by atomic mass is 10.2. The Morgan fingerprint density at radius 2 is 2.33 bits per heavy atom. The number of amides is 1. The fourth-order valence-electron chi connectivity index (χ4n) is 1.04. The molecule has 15 heavy (non-hydrogen) atoms. The molecule has 0 spiro atoms. The van der Waals surface area contributed by atoms with Crippen LogP contribution in [0.2, 0.25) is 0 Å². The van der Waals surface area contributed by atoms with Crippen molar-refractivity contribution in [3.8, 4) is 0 Å². The number of para-hydroxylation sites is 1. The smallest absolute Gasteiger partial charge is 0.250 e. The Hall–Kier alpha value is -1.62.